The lowest BCUT2D eigenvalue weighted by Gasteiger charge is -2.42. The van der Waals surface area contributed by atoms with E-state index in [4.69, 9.17) is 0 Å². The monoisotopic (exact) mass is 645 g/mol. The minimum absolute atomic E-state index is 0.0322. The molecule has 0 radical (unpaired) electrons. The van der Waals surface area contributed by atoms with E-state index >= 15 is 0 Å². The second-order valence-electron chi connectivity index (χ2n) is 14.5. The Balaban J connectivity index is 0.992. The van der Waals surface area contributed by atoms with Gasteiger partial charge in [0, 0.05) is 56.7 Å². The molecule has 0 fully saturated rings. The quantitative estimate of drug-likeness (QED) is 0.186. The zero-order valence-electron chi connectivity index (χ0n) is 28.9. The largest absolute Gasteiger partial charge is 0.335 e. The van der Waals surface area contributed by atoms with Crippen molar-refractivity contribution in [3.05, 3.63) is 170 Å². The lowest BCUT2D eigenvalue weighted by molar-refractivity contribution is 0.330. The van der Waals surface area contributed by atoms with Gasteiger partial charge in [0.1, 0.15) is 0 Å². The van der Waals surface area contributed by atoms with Crippen LogP contribution >= 0.6 is 0 Å². The van der Waals surface area contributed by atoms with Crippen LogP contribution in [0.15, 0.2) is 164 Å². The van der Waals surface area contributed by atoms with Gasteiger partial charge >= 0.3 is 0 Å². The van der Waals surface area contributed by atoms with Crippen molar-refractivity contribution < 1.29 is 0 Å². The summed E-state index contributed by atoms with van der Waals surface area (Å²) in [6.45, 7) is 9.43. The van der Waals surface area contributed by atoms with E-state index in [-0.39, 0.29) is 11.0 Å². The van der Waals surface area contributed by atoms with E-state index in [1.807, 2.05) is 18.5 Å². The number of para-hydroxylation sites is 2. The number of anilines is 2. The van der Waals surface area contributed by atoms with Crippen LogP contribution in [0.1, 0.15) is 33.3 Å². The van der Waals surface area contributed by atoms with Crippen molar-refractivity contribution in [3.8, 4) is 39.1 Å². The van der Waals surface area contributed by atoms with Crippen molar-refractivity contribution in [3.63, 3.8) is 0 Å². The lowest BCUT2D eigenvalue weighted by atomic mass is 9.72. The highest BCUT2D eigenvalue weighted by atomic mass is 15.2. The number of fused-ring (bicyclic) bond motifs is 4. The maximum atomic E-state index is 4.33. The Kier molecular flexibility index (Phi) is 6.82. The van der Waals surface area contributed by atoms with Gasteiger partial charge in [0.15, 0.2) is 0 Å². The number of benzene rings is 6. The molecule has 6 aromatic carbocycles. The molecule has 3 heteroatoms. The average Bonchev–Trinajstić information content (AvgIpc) is 3.57. The van der Waals surface area contributed by atoms with Crippen molar-refractivity contribution in [1.29, 1.82) is 0 Å². The zero-order chi connectivity index (χ0) is 34.0. The van der Waals surface area contributed by atoms with Crippen molar-refractivity contribution in [2.75, 3.05) is 4.90 Å². The van der Waals surface area contributed by atoms with Crippen LogP contribution in [0.3, 0.4) is 0 Å². The van der Waals surface area contributed by atoms with Crippen LogP contribution in [0.2, 0.25) is 0 Å². The normalized spacial score (nSPS) is 14.7. The fourth-order valence-electron chi connectivity index (χ4n) is 7.99. The number of hydrogen-bond donors (Lipinski definition) is 0. The molecule has 0 aliphatic carbocycles. The molecule has 2 aromatic heterocycles. The minimum Gasteiger partial charge on any atom is -0.335 e. The lowest BCUT2D eigenvalue weighted by Crippen LogP contribution is -2.48. The molecule has 0 atom stereocenters. The van der Waals surface area contributed by atoms with Gasteiger partial charge in [0.2, 0.25) is 0 Å². The maximum Gasteiger partial charge on any atom is 0.0541 e. The van der Waals surface area contributed by atoms with E-state index in [1.165, 1.54) is 66.6 Å². The minimum atomic E-state index is -0.0548. The smallest absolute Gasteiger partial charge is 0.0541 e. The van der Waals surface area contributed by atoms with Gasteiger partial charge in [-0.15, -0.1) is 0 Å². The number of rotatable bonds is 5. The van der Waals surface area contributed by atoms with Crippen LogP contribution in [0, 0.1) is 0 Å². The molecule has 3 nitrogen and oxygen atoms in total. The summed E-state index contributed by atoms with van der Waals surface area (Å²) in [6.07, 6.45) is 3.75. The second-order valence-corrected chi connectivity index (χ2v) is 14.5. The predicted octanol–water partition coefficient (Wildman–Crippen LogP) is 12.4. The molecule has 0 N–H and O–H groups in total. The Labute approximate surface area is 294 Å². The Hall–Kier alpha value is -5.93. The Bertz CT molecular complexity index is 2500. The summed E-state index contributed by atoms with van der Waals surface area (Å²) in [5.74, 6) is 0. The van der Waals surface area contributed by atoms with Gasteiger partial charge in [-0.05, 0) is 102 Å². The van der Waals surface area contributed by atoms with Crippen LogP contribution in [-0.2, 0) is 5.41 Å². The molecule has 50 heavy (non-hydrogen) atoms. The van der Waals surface area contributed by atoms with Gasteiger partial charge in [-0.1, -0.05) is 111 Å². The Morgan fingerprint density at radius 1 is 0.460 bits per heavy atom. The molecule has 8 aromatic rings. The second kappa shape index (κ2) is 11.3. The number of pyridine rings is 1. The molecule has 0 bridgehead atoms. The van der Waals surface area contributed by atoms with E-state index in [0.717, 1.165) is 11.3 Å². The SMILES string of the molecule is CC1(C)c2ccccc2N(c2ccc(-c3ccc(-c4ccc(-n5c6ccccc6c6cc(-c7cccnc7)ccc65)cc4)cc3)cc2)C1(C)C. The van der Waals surface area contributed by atoms with E-state index in [0.29, 0.717) is 0 Å². The molecular formula is C47H39N3. The third kappa shape index (κ3) is 4.61. The summed E-state index contributed by atoms with van der Waals surface area (Å²) >= 11 is 0. The highest BCUT2D eigenvalue weighted by Gasteiger charge is 2.51. The first-order valence-corrected chi connectivity index (χ1v) is 17.5. The van der Waals surface area contributed by atoms with Crippen molar-refractivity contribution in [2.45, 2.75) is 38.6 Å². The first-order valence-electron chi connectivity index (χ1n) is 17.5. The van der Waals surface area contributed by atoms with Crippen molar-refractivity contribution in [1.82, 2.24) is 9.55 Å². The fourth-order valence-corrected chi connectivity index (χ4v) is 7.99. The summed E-state index contributed by atoms with van der Waals surface area (Å²) in [5.41, 5.74) is 14.6. The van der Waals surface area contributed by atoms with Crippen LogP contribution in [-0.4, -0.2) is 15.1 Å². The van der Waals surface area contributed by atoms with Crippen molar-refractivity contribution in [2.24, 2.45) is 0 Å². The van der Waals surface area contributed by atoms with Gasteiger partial charge in [-0.25, -0.2) is 0 Å². The molecule has 0 spiro atoms. The molecule has 242 valence electrons. The first-order chi connectivity index (χ1) is 24.3. The fraction of sp³-hybridized carbons (Fsp3) is 0.128. The average molecular weight is 646 g/mol. The van der Waals surface area contributed by atoms with Crippen LogP contribution in [0.5, 0.6) is 0 Å². The summed E-state index contributed by atoms with van der Waals surface area (Å²) in [7, 11) is 0. The molecule has 9 rings (SSSR count). The molecule has 0 unspecified atom stereocenters. The van der Waals surface area contributed by atoms with Gasteiger partial charge in [-0.3, -0.25) is 4.98 Å². The third-order valence-corrected chi connectivity index (χ3v) is 11.4. The summed E-state index contributed by atoms with van der Waals surface area (Å²) in [5, 5.41) is 2.49. The van der Waals surface area contributed by atoms with Gasteiger partial charge < -0.3 is 9.47 Å². The Morgan fingerprint density at radius 3 is 1.68 bits per heavy atom. The number of hydrogen-bond acceptors (Lipinski definition) is 2. The molecular weight excluding hydrogens is 607 g/mol. The third-order valence-electron chi connectivity index (χ3n) is 11.4. The first kappa shape index (κ1) is 30.2. The highest BCUT2D eigenvalue weighted by molar-refractivity contribution is 6.10. The van der Waals surface area contributed by atoms with Crippen LogP contribution in [0.25, 0.3) is 60.9 Å². The number of aromatic nitrogens is 2. The number of nitrogens with zero attached hydrogens (tertiary/aromatic N) is 3. The van der Waals surface area contributed by atoms with Gasteiger partial charge in [0.05, 0.1) is 11.0 Å². The van der Waals surface area contributed by atoms with Gasteiger partial charge in [-0.2, -0.15) is 0 Å². The summed E-state index contributed by atoms with van der Waals surface area (Å²) < 4.78 is 2.37. The summed E-state index contributed by atoms with van der Waals surface area (Å²) in [6, 6.07) is 55.3. The zero-order valence-corrected chi connectivity index (χ0v) is 28.9. The summed E-state index contributed by atoms with van der Waals surface area (Å²) in [4.78, 5) is 6.85. The van der Waals surface area contributed by atoms with E-state index in [9.17, 15) is 0 Å². The molecule has 1 aliphatic heterocycles. The molecule has 3 heterocycles. The standard InChI is InChI=1S/C47H39N3/c1-46(2)42-12-6-8-14-45(42)50(47(46,3)4)39-26-21-35(22-27-39)33-17-15-32(16-18-33)34-19-24-38(25-20-34)49-43-13-7-5-11-40(43)41-30-36(23-28-44(41)49)37-10-9-29-48-31-37/h5-31H,1-4H3. The van der Waals surface area contributed by atoms with Crippen LogP contribution < -0.4 is 4.90 Å². The van der Waals surface area contributed by atoms with Gasteiger partial charge in [0.25, 0.3) is 0 Å². The molecule has 0 saturated heterocycles. The van der Waals surface area contributed by atoms with Crippen LogP contribution in [0.4, 0.5) is 11.4 Å². The molecule has 0 saturated carbocycles. The maximum absolute atomic E-state index is 4.33. The van der Waals surface area contributed by atoms with E-state index < -0.39 is 0 Å². The molecule has 0 amide bonds. The molecule has 1 aliphatic rings. The van der Waals surface area contributed by atoms with E-state index in [1.54, 1.807) is 0 Å². The van der Waals surface area contributed by atoms with E-state index in [2.05, 4.69) is 188 Å². The predicted molar refractivity (Wildman–Crippen MR) is 211 cm³/mol. The van der Waals surface area contributed by atoms with Crippen molar-refractivity contribution >= 4 is 33.2 Å². The topological polar surface area (TPSA) is 21.1 Å². The highest BCUT2D eigenvalue weighted by Crippen LogP contribution is 2.54. The Morgan fingerprint density at radius 2 is 1.02 bits per heavy atom.